The minimum Gasteiger partial charge on any atom is -0.497 e. The van der Waals surface area contributed by atoms with Crippen molar-refractivity contribution < 1.29 is 4.74 Å². The van der Waals surface area contributed by atoms with E-state index in [0.29, 0.717) is 17.6 Å². The molecule has 0 atom stereocenters. The first-order valence-corrected chi connectivity index (χ1v) is 6.73. The van der Waals surface area contributed by atoms with Crippen molar-refractivity contribution in [2.24, 2.45) is 0 Å². The first-order chi connectivity index (χ1) is 9.26. The Bertz CT molecular complexity index is 776. The van der Waals surface area contributed by atoms with Gasteiger partial charge in [0.25, 0.3) is 5.56 Å². The molecule has 19 heavy (non-hydrogen) atoms. The molecule has 96 valence electrons. The maximum Gasteiger partial charge on any atom is 0.259 e. The predicted molar refractivity (Wildman–Crippen MR) is 76.0 cm³/mol. The molecule has 0 fully saturated rings. The zero-order valence-electron chi connectivity index (χ0n) is 10.3. The molecule has 3 rings (SSSR count). The zero-order valence-corrected chi connectivity index (χ0v) is 11.2. The number of H-pyrrole nitrogens is 1. The molecule has 0 aliphatic rings. The highest BCUT2D eigenvalue weighted by molar-refractivity contribution is 7.16. The quantitative estimate of drug-likeness (QED) is 0.797. The van der Waals surface area contributed by atoms with E-state index < -0.39 is 0 Å². The summed E-state index contributed by atoms with van der Waals surface area (Å²) >= 11 is 1.48. The van der Waals surface area contributed by atoms with Crippen LogP contribution in [0.4, 0.5) is 0 Å². The first kappa shape index (κ1) is 11.9. The molecule has 0 saturated heterocycles. The Hall–Kier alpha value is -2.14. The third-order valence-electron chi connectivity index (χ3n) is 2.89. The third kappa shape index (κ3) is 2.37. The maximum atomic E-state index is 11.9. The molecule has 2 heterocycles. The fourth-order valence-electron chi connectivity index (χ4n) is 1.97. The molecule has 0 unspecified atom stereocenters. The Morgan fingerprint density at radius 1 is 1.37 bits per heavy atom. The zero-order chi connectivity index (χ0) is 13.2. The molecule has 0 radical (unpaired) electrons. The lowest BCUT2D eigenvalue weighted by atomic mass is 10.1. The molecule has 4 nitrogen and oxygen atoms in total. The molecule has 1 N–H and O–H groups in total. The second-order valence-electron chi connectivity index (χ2n) is 4.18. The summed E-state index contributed by atoms with van der Waals surface area (Å²) in [5.74, 6) is 1.48. The molecule has 0 aliphatic heterocycles. The lowest BCUT2D eigenvalue weighted by Crippen LogP contribution is -2.10. The van der Waals surface area contributed by atoms with Crippen LogP contribution in [0.1, 0.15) is 11.4 Å². The predicted octanol–water partition coefficient (Wildman–Crippen LogP) is 2.58. The van der Waals surface area contributed by atoms with Gasteiger partial charge in [0.2, 0.25) is 0 Å². The number of benzene rings is 1. The van der Waals surface area contributed by atoms with Crippen molar-refractivity contribution >= 4 is 21.6 Å². The van der Waals surface area contributed by atoms with Gasteiger partial charge in [-0.1, -0.05) is 12.1 Å². The Balaban J connectivity index is 1.98. The van der Waals surface area contributed by atoms with Gasteiger partial charge >= 0.3 is 0 Å². The van der Waals surface area contributed by atoms with E-state index in [2.05, 4.69) is 9.97 Å². The summed E-state index contributed by atoms with van der Waals surface area (Å²) in [6.07, 6.45) is 0.584. The molecule has 0 spiro atoms. The van der Waals surface area contributed by atoms with Gasteiger partial charge in [-0.15, -0.1) is 11.3 Å². The summed E-state index contributed by atoms with van der Waals surface area (Å²) in [6.45, 7) is 0. The number of methoxy groups -OCH3 is 1. The van der Waals surface area contributed by atoms with Crippen molar-refractivity contribution in [3.8, 4) is 5.75 Å². The van der Waals surface area contributed by atoms with Gasteiger partial charge in [0, 0.05) is 6.42 Å². The summed E-state index contributed by atoms with van der Waals surface area (Å²) in [5, 5.41) is 2.53. The summed E-state index contributed by atoms with van der Waals surface area (Å²) < 4.78 is 5.18. The first-order valence-electron chi connectivity index (χ1n) is 5.85. The summed E-state index contributed by atoms with van der Waals surface area (Å²) in [6, 6.07) is 9.54. The van der Waals surface area contributed by atoms with Gasteiger partial charge in [0.05, 0.1) is 12.5 Å². The Morgan fingerprint density at radius 3 is 3.11 bits per heavy atom. The maximum absolute atomic E-state index is 11.9. The molecule has 5 heteroatoms. The number of nitrogens with zero attached hydrogens (tertiary/aromatic N) is 1. The van der Waals surface area contributed by atoms with E-state index >= 15 is 0 Å². The number of nitrogens with one attached hydrogen (secondary N) is 1. The Kier molecular flexibility index (Phi) is 3.05. The second-order valence-corrected chi connectivity index (χ2v) is 5.07. The number of aromatic nitrogens is 2. The lowest BCUT2D eigenvalue weighted by molar-refractivity contribution is 0.414. The number of thiophene rings is 1. The van der Waals surface area contributed by atoms with Gasteiger partial charge in [0.15, 0.2) is 0 Å². The van der Waals surface area contributed by atoms with Gasteiger partial charge in [-0.3, -0.25) is 4.79 Å². The standard InChI is InChI=1S/C14H12N2O2S/c1-18-10-4-2-3-9(7-10)8-12-15-13(17)11-5-6-19-14(11)16-12/h2-7H,8H2,1H3,(H,15,16,17). The molecule has 2 aromatic heterocycles. The van der Waals surface area contributed by atoms with Crippen molar-refractivity contribution in [1.29, 1.82) is 0 Å². The fourth-order valence-corrected chi connectivity index (χ4v) is 2.75. The van der Waals surface area contributed by atoms with Crippen molar-refractivity contribution in [3.05, 3.63) is 57.5 Å². The molecule has 3 aromatic rings. The minimum atomic E-state index is -0.0795. The average molecular weight is 272 g/mol. The lowest BCUT2D eigenvalue weighted by Gasteiger charge is -2.04. The highest BCUT2D eigenvalue weighted by Gasteiger charge is 2.06. The van der Waals surface area contributed by atoms with Crippen LogP contribution in [0.2, 0.25) is 0 Å². The molecule has 0 aliphatic carbocycles. The molecule has 0 saturated carbocycles. The highest BCUT2D eigenvalue weighted by Crippen LogP contribution is 2.17. The number of rotatable bonds is 3. The van der Waals surface area contributed by atoms with E-state index in [9.17, 15) is 4.79 Å². The van der Waals surface area contributed by atoms with E-state index in [-0.39, 0.29) is 5.56 Å². The minimum absolute atomic E-state index is 0.0795. The third-order valence-corrected chi connectivity index (χ3v) is 3.70. The largest absolute Gasteiger partial charge is 0.497 e. The average Bonchev–Trinajstić information content (AvgIpc) is 2.88. The molecule has 0 bridgehead atoms. The van der Waals surface area contributed by atoms with Crippen LogP contribution in [-0.2, 0) is 6.42 Å². The topological polar surface area (TPSA) is 55.0 Å². The number of hydrogen-bond donors (Lipinski definition) is 1. The van der Waals surface area contributed by atoms with Crippen LogP contribution < -0.4 is 10.3 Å². The fraction of sp³-hybridized carbons (Fsp3) is 0.143. The van der Waals surface area contributed by atoms with Crippen molar-refractivity contribution in [2.75, 3.05) is 7.11 Å². The van der Waals surface area contributed by atoms with Crippen LogP contribution in [0.15, 0.2) is 40.5 Å². The second kappa shape index (κ2) is 4.85. The van der Waals surface area contributed by atoms with Gasteiger partial charge < -0.3 is 9.72 Å². The van der Waals surface area contributed by atoms with E-state index in [4.69, 9.17) is 4.74 Å². The summed E-state index contributed by atoms with van der Waals surface area (Å²) in [7, 11) is 1.64. The molecule has 0 amide bonds. The van der Waals surface area contributed by atoms with Gasteiger partial charge in [-0.2, -0.15) is 0 Å². The smallest absolute Gasteiger partial charge is 0.259 e. The highest BCUT2D eigenvalue weighted by atomic mass is 32.1. The normalized spacial score (nSPS) is 10.8. The van der Waals surface area contributed by atoms with Crippen LogP contribution in [0, 0.1) is 0 Å². The van der Waals surface area contributed by atoms with Crippen LogP contribution in [-0.4, -0.2) is 17.1 Å². The van der Waals surface area contributed by atoms with Crippen LogP contribution in [0.5, 0.6) is 5.75 Å². The summed E-state index contributed by atoms with van der Waals surface area (Å²) in [4.78, 5) is 19.9. The summed E-state index contributed by atoms with van der Waals surface area (Å²) in [5.41, 5.74) is 0.975. The molecular formula is C14H12N2O2S. The number of aromatic amines is 1. The van der Waals surface area contributed by atoms with Gasteiger partial charge in [-0.25, -0.2) is 4.98 Å². The van der Waals surface area contributed by atoms with Crippen molar-refractivity contribution in [1.82, 2.24) is 9.97 Å². The van der Waals surface area contributed by atoms with E-state index in [1.165, 1.54) is 11.3 Å². The monoisotopic (exact) mass is 272 g/mol. The van der Waals surface area contributed by atoms with Crippen LogP contribution >= 0.6 is 11.3 Å². The van der Waals surface area contributed by atoms with Gasteiger partial charge in [0.1, 0.15) is 16.4 Å². The molecule has 1 aromatic carbocycles. The number of ether oxygens (including phenoxy) is 1. The van der Waals surface area contributed by atoms with E-state index in [1.54, 1.807) is 13.2 Å². The van der Waals surface area contributed by atoms with Crippen LogP contribution in [0.3, 0.4) is 0 Å². The Labute approximate surface area is 113 Å². The van der Waals surface area contributed by atoms with E-state index in [1.807, 2.05) is 29.6 Å². The number of fused-ring (bicyclic) bond motifs is 1. The Morgan fingerprint density at radius 2 is 2.26 bits per heavy atom. The van der Waals surface area contributed by atoms with Crippen molar-refractivity contribution in [3.63, 3.8) is 0 Å². The SMILES string of the molecule is COc1cccc(Cc2nc3sccc3c(=O)[nH]2)c1. The van der Waals surface area contributed by atoms with Crippen LogP contribution in [0.25, 0.3) is 10.2 Å². The van der Waals surface area contributed by atoms with Gasteiger partial charge in [-0.05, 0) is 29.1 Å². The number of hydrogen-bond acceptors (Lipinski definition) is 4. The van der Waals surface area contributed by atoms with E-state index in [0.717, 1.165) is 16.1 Å². The molecular weight excluding hydrogens is 260 g/mol. The van der Waals surface area contributed by atoms with Crippen molar-refractivity contribution in [2.45, 2.75) is 6.42 Å².